The first-order valence-electron chi connectivity index (χ1n) is 7.22. The molecule has 0 fully saturated rings. The maximum atomic E-state index is 3.97. The Hall–Kier alpha value is -0.386. The van der Waals surface area contributed by atoms with Crippen molar-refractivity contribution in [2.45, 2.75) is 59.0 Å². The second kappa shape index (κ2) is 7.41. The summed E-state index contributed by atoms with van der Waals surface area (Å²) in [5.74, 6) is 0. The first-order valence-corrected chi connectivity index (χ1v) is 14.1. The molecule has 0 N–H and O–H groups in total. The predicted molar refractivity (Wildman–Crippen MR) is 95.7 cm³/mol. The highest BCUT2D eigenvalue weighted by molar-refractivity contribution is 6.89. The second-order valence-corrected chi connectivity index (χ2v) is 17.6. The smallest absolute Gasteiger partial charge is 0.112 e. The van der Waals surface area contributed by atoms with E-state index in [1.54, 1.807) is 0 Å². The standard InChI is InChI=1S/C16H33NSi2/c1-10-15(2)12-11-13-16(3)14-17(18(4,5)6)19(7,8)9/h10,13H,1-2,11-12,14H2,3-9H3/b16-13-. The zero-order valence-corrected chi connectivity index (χ0v) is 16.1. The van der Waals surface area contributed by atoms with Crippen molar-refractivity contribution in [3.63, 3.8) is 0 Å². The van der Waals surface area contributed by atoms with Crippen molar-refractivity contribution < 1.29 is 0 Å². The summed E-state index contributed by atoms with van der Waals surface area (Å²) in [6, 6.07) is 0. The molecule has 1 nitrogen and oxygen atoms in total. The van der Waals surface area contributed by atoms with Crippen LogP contribution in [-0.4, -0.2) is 27.2 Å². The van der Waals surface area contributed by atoms with Crippen LogP contribution in [0, 0.1) is 0 Å². The first kappa shape index (κ1) is 18.6. The van der Waals surface area contributed by atoms with Gasteiger partial charge < -0.3 is 4.23 Å². The Morgan fingerprint density at radius 2 is 1.53 bits per heavy atom. The minimum absolute atomic E-state index is 1.03. The SMILES string of the molecule is C=CC(=C)CC/C=C(/C)CN([Si](C)(C)C)[Si](C)(C)C. The largest absolute Gasteiger partial charge is 0.342 e. The van der Waals surface area contributed by atoms with Crippen molar-refractivity contribution in [1.29, 1.82) is 0 Å². The van der Waals surface area contributed by atoms with Crippen LogP contribution >= 0.6 is 0 Å². The van der Waals surface area contributed by atoms with Gasteiger partial charge in [-0.3, -0.25) is 0 Å². The zero-order valence-electron chi connectivity index (χ0n) is 14.1. The molecule has 0 heterocycles. The van der Waals surface area contributed by atoms with Gasteiger partial charge in [-0.25, -0.2) is 0 Å². The molecule has 0 saturated heterocycles. The number of hydrogen-bond acceptors (Lipinski definition) is 1. The maximum Gasteiger partial charge on any atom is 0.112 e. The summed E-state index contributed by atoms with van der Waals surface area (Å²) in [6.07, 6.45) is 6.35. The van der Waals surface area contributed by atoms with Crippen molar-refractivity contribution in [1.82, 2.24) is 4.23 Å². The Labute approximate surface area is 123 Å². The van der Waals surface area contributed by atoms with E-state index in [2.05, 4.69) is 69.7 Å². The van der Waals surface area contributed by atoms with Crippen molar-refractivity contribution >= 4 is 16.5 Å². The average Bonchev–Trinajstić information content (AvgIpc) is 2.22. The summed E-state index contributed by atoms with van der Waals surface area (Å²) in [7, 11) is -2.46. The van der Waals surface area contributed by atoms with Crippen LogP contribution < -0.4 is 0 Å². The van der Waals surface area contributed by atoms with Gasteiger partial charge in [0.25, 0.3) is 0 Å². The molecule has 0 unspecified atom stereocenters. The first-order chi connectivity index (χ1) is 8.48. The number of hydrogen-bond donors (Lipinski definition) is 0. The van der Waals surface area contributed by atoms with Crippen LogP contribution in [0.2, 0.25) is 39.3 Å². The minimum atomic E-state index is -1.23. The maximum absolute atomic E-state index is 3.97. The van der Waals surface area contributed by atoms with Gasteiger partial charge in [0.15, 0.2) is 0 Å². The topological polar surface area (TPSA) is 3.24 Å². The molecule has 0 aromatic heterocycles. The summed E-state index contributed by atoms with van der Waals surface area (Å²) in [6.45, 7) is 25.9. The van der Waals surface area contributed by atoms with E-state index in [0.29, 0.717) is 0 Å². The lowest BCUT2D eigenvalue weighted by Crippen LogP contribution is -2.59. The van der Waals surface area contributed by atoms with Gasteiger partial charge in [-0.2, -0.15) is 0 Å². The third kappa shape index (κ3) is 7.70. The van der Waals surface area contributed by atoms with E-state index in [0.717, 1.165) is 25.0 Å². The molecule has 3 heteroatoms. The van der Waals surface area contributed by atoms with E-state index in [-0.39, 0.29) is 0 Å². The molecule has 0 aliphatic carbocycles. The number of nitrogens with zero attached hydrogens (tertiary/aromatic N) is 1. The monoisotopic (exact) mass is 295 g/mol. The fraction of sp³-hybridized carbons (Fsp3) is 0.625. The molecule has 0 radical (unpaired) electrons. The van der Waals surface area contributed by atoms with E-state index in [9.17, 15) is 0 Å². The quantitative estimate of drug-likeness (QED) is 0.328. The molecule has 0 aliphatic heterocycles. The molecular weight excluding hydrogens is 262 g/mol. The summed E-state index contributed by atoms with van der Waals surface area (Å²) in [5.41, 5.74) is 2.64. The highest BCUT2D eigenvalue weighted by Gasteiger charge is 2.33. The fourth-order valence-corrected chi connectivity index (χ4v) is 11.9. The van der Waals surface area contributed by atoms with Gasteiger partial charge >= 0.3 is 0 Å². The Kier molecular flexibility index (Phi) is 7.26. The summed E-state index contributed by atoms with van der Waals surface area (Å²) in [4.78, 5) is 0. The second-order valence-electron chi connectivity index (χ2n) is 7.38. The van der Waals surface area contributed by atoms with Crippen LogP contribution in [0.5, 0.6) is 0 Å². The van der Waals surface area contributed by atoms with E-state index in [4.69, 9.17) is 0 Å². The average molecular weight is 296 g/mol. The molecule has 0 bridgehead atoms. The number of allylic oxidation sites excluding steroid dienone is 3. The third-order valence-corrected chi connectivity index (χ3v) is 10.9. The van der Waals surface area contributed by atoms with Gasteiger partial charge in [0.1, 0.15) is 16.5 Å². The normalized spacial score (nSPS) is 13.8. The van der Waals surface area contributed by atoms with Crippen LogP contribution in [0.3, 0.4) is 0 Å². The third-order valence-electron chi connectivity index (χ3n) is 3.27. The summed E-state index contributed by atoms with van der Waals surface area (Å²) < 4.78 is 2.83. The van der Waals surface area contributed by atoms with Crippen LogP contribution in [0.1, 0.15) is 19.8 Å². The van der Waals surface area contributed by atoms with E-state index in [1.807, 2.05) is 6.08 Å². The van der Waals surface area contributed by atoms with Crippen molar-refractivity contribution in [3.8, 4) is 0 Å². The van der Waals surface area contributed by atoms with Crippen LogP contribution in [0.25, 0.3) is 0 Å². The highest BCUT2D eigenvalue weighted by Crippen LogP contribution is 2.21. The summed E-state index contributed by atoms with van der Waals surface area (Å²) >= 11 is 0. The van der Waals surface area contributed by atoms with E-state index in [1.165, 1.54) is 5.57 Å². The van der Waals surface area contributed by atoms with Crippen LogP contribution in [0.15, 0.2) is 36.5 Å². The van der Waals surface area contributed by atoms with Crippen molar-refractivity contribution in [2.24, 2.45) is 0 Å². The molecule has 19 heavy (non-hydrogen) atoms. The molecule has 0 aromatic rings. The van der Waals surface area contributed by atoms with Gasteiger partial charge in [-0.15, -0.1) is 0 Å². The lowest BCUT2D eigenvalue weighted by Gasteiger charge is -2.43. The number of rotatable bonds is 8. The van der Waals surface area contributed by atoms with Gasteiger partial charge in [0.2, 0.25) is 0 Å². The van der Waals surface area contributed by atoms with E-state index >= 15 is 0 Å². The van der Waals surface area contributed by atoms with Gasteiger partial charge in [-0.1, -0.05) is 75.7 Å². The van der Waals surface area contributed by atoms with Crippen molar-refractivity contribution in [2.75, 3.05) is 6.54 Å². The van der Waals surface area contributed by atoms with Gasteiger partial charge in [-0.05, 0) is 19.8 Å². The summed E-state index contributed by atoms with van der Waals surface area (Å²) in [5, 5.41) is 0. The lowest BCUT2D eigenvalue weighted by molar-refractivity contribution is 0.663. The van der Waals surface area contributed by atoms with Crippen molar-refractivity contribution in [3.05, 3.63) is 36.5 Å². The van der Waals surface area contributed by atoms with E-state index < -0.39 is 16.5 Å². The Bertz CT molecular complexity index is 329. The molecule has 0 rings (SSSR count). The molecule has 0 amide bonds. The molecule has 0 saturated carbocycles. The molecule has 0 aliphatic rings. The van der Waals surface area contributed by atoms with Crippen LogP contribution in [0.4, 0.5) is 0 Å². The highest BCUT2D eigenvalue weighted by atomic mass is 28.4. The van der Waals surface area contributed by atoms with Gasteiger partial charge in [0.05, 0.1) is 0 Å². The zero-order chi connectivity index (χ0) is 15.3. The minimum Gasteiger partial charge on any atom is -0.342 e. The lowest BCUT2D eigenvalue weighted by atomic mass is 10.1. The van der Waals surface area contributed by atoms with Gasteiger partial charge in [0, 0.05) is 6.54 Å². The molecular formula is C16H33NSi2. The Balaban J connectivity index is 4.65. The molecule has 110 valence electrons. The van der Waals surface area contributed by atoms with Crippen LogP contribution in [-0.2, 0) is 0 Å². The predicted octanol–water partition coefficient (Wildman–Crippen LogP) is 5.43. The molecule has 0 aromatic carbocycles. The Morgan fingerprint density at radius 1 is 1.05 bits per heavy atom. The Morgan fingerprint density at radius 3 is 1.89 bits per heavy atom. The fourth-order valence-electron chi connectivity index (χ4n) is 2.40. The molecule has 0 atom stereocenters. The molecule has 0 spiro atoms.